The van der Waals surface area contributed by atoms with Crippen molar-refractivity contribution >= 4 is 11.9 Å². The Bertz CT molecular complexity index is 551. The second-order valence-corrected chi connectivity index (χ2v) is 6.15. The molecule has 0 N–H and O–H groups in total. The van der Waals surface area contributed by atoms with Crippen LogP contribution in [0, 0.1) is 0 Å². The number of aryl methyl sites for hydroxylation is 1. The third-order valence-electron chi connectivity index (χ3n) is 4.40. The lowest BCUT2D eigenvalue weighted by Crippen LogP contribution is -2.39. The van der Waals surface area contributed by atoms with Gasteiger partial charge >= 0.3 is 5.97 Å². The fourth-order valence-corrected chi connectivity index (χ4v) is 2.88. The Labute approximate surface area is 149 Å². The third kappa shape index (κ3) is 6.38. The molecular weight excluding hydrogens is 322 g/mol. The van der Waals surface area contributed by atoms with Gasteiger partial charge in [-0.15, -0.1) is 0 Å². The molecule has 1 aliphatic heterocycles. The van der Waals surface area contributed by atoms with Crippen LogP contribution in [0.2, 0.25) is 0 Å². The molecule has 1 fully saturated rings. The molecule has 0 aromatic heterocycles. The predicted molar refractivity (Wildman–Crippen MR) is 93.5 cm³/mol. The molecule has 2 rings (SSSR count). The number of esters is 1. The summed E-state index contributed by atoms with van der Waals surface area (Å²) in [5.41, 5.74) is 1.08. The zero-order chi connectivity index (χ0) is 18.1. The van der Waals surface area contributed by atoms with Gasteiger partial charge in [-0.1, -0.05) is 12.1 Å². The van der Waals surface area contributed by atoms with E-state index < -0.39 is 0 Å². The molecule has 6 heteroatoms. The molecule has 0 spiro atoms. The molecule has 138 valence electrons. The van der Waals surface area contributed by atoms with Gasteiger partial charge in [0.2, 0.25) is 5.91 Å². The first-order chi connectivity index (χ1) is 12.1. The third-order valence-corrected chi connectivity index (χ3v) is 4.40. The van der Waals surface area contributed by atoms with Crippen molar-refractivity contribution in [1.29, 1.82) is 0 Å². The first-order valence-electron chi connectivity index (χ1n) is 8.71. The summed E-state index contributed by atoms with van der Waals surface area (Å²) in [7, 11) is 2.99. The van der Waals surface area contributed by atoms with Crippen LogP contribution in [0.5, 0.6) is 5.75 Å². The summed E-state index contributed by atoms with van der Waals surface area (Å²) in [5.74, 6) is 0.531. The van der Waals surface area contributed by atoms with E-state index in [1.807, 2.05) is 24.3 Å². The molecule has 25 heavy (non-hydrogen) atoms. The molecule has 1 amide bonds. The van der Waals surface area contributed by atoms with Gasteiger partial charge in [-0.05, 0) is 37.0 Å². The first-order valence-corrected chi connectivity index (χ1v) is 8.71. The van der Waals surface area contributed by atoms with Gasteiger partial charge in [-0.3, -0.25) is 9.59 Å². The minimum absolute atomic E-state index is 0.0372. The van der Waals surface area contributed by atoms with Gasteiger partial charge in [0, 0.05) is 26.1 Å². The van der Waals surface area contributed by atoms with E-state index in [-0.39, 0.29) is 24.4 Å². The van der Waals surface area contributed by atoms with Gasteiger partial charge in [0.15, 0.2) is 0 Å². The summed E-state index contributed by atoms with van der Waals surface area (Å²) in [4.78, 5) is 25.8. The van der Waals surface area contributed by atoms with Gasteiger partial charge in [-0.25, -0.2) is 0 Å². The summed E-state index contributed by atoms with van der Waals surface area (Å²) < 4.78 is 15.5. The number of ether oxygens (including phenoxy) is 3. The Morgan fingerprint density at radius 3 is 2.56 bits per heavy atom. The Kier molecular flexibility index (Phi) is 7.73. The Morgan fingerprint density at radius 2 is 1.96 bits per heavy atom. The van der Waals surface area contributed by atoms with Gasteiger partial charge in [-0.2, -0.15) is 0 Å². The predicted octanol–water partition coefficient (Wildman–Crippen LogP) is 2.20. The largest absolute Gasteiger partial charge is 0.497 e. The van der Waals surface area contributed by atoms with Crippen molar-refractivity contribution in [1.82, 2.24) is 4.90 Å². The molecule has 1 atom stereocenters. The number of benzene rings is 1. The Morgan fingerprint density at radius 1 is 1.20 bits per heavy atom. The average molecular weight is 349 g/mol. The first kappa shape index (κ1) is 19.2. The molecule has 6 nitrogen and oxygen atoms in total. The van der Waals surface area contributed by atoms with Crippen LogP contribution >= 0.6 is 0 Å². The van der Waals surface area contributed by atoms with E-state index in [9.17, 15) is 9.59 Å². The highest BCUT2D eigenvalue weighted by atomic mass is 16.5. The van der Waals surface area contributed by atoms with Crippen LogP contribution in [0.25, 0.3) is 0 Å². The van der Waals surface area contributed by atoms with Gasteiger partial charge < -0.3 is 19.1 Å². The van der Waals surface area contributed by atoms with Crippen LogP contribution < -0.4 is 4.74 Å². The van der Waals surface area contributed by atoms with E-state index >= 15 is 0 Å². The number of carbonyl (C=O) groups is 2. The molecule has 1 heterocycles. The lowest BCUT2D eigenvalue weighted by atomic mass is 10.1. The van der Waals surface area contributed by atoms with Crippen molar-refractivity contribution in [2.45, 2.75) is 38.2 Å². The van der Waals surface area contributed by atoms with Crippen LogP contribution in [0.15, 0.2) is 24.3 Å². The summed E-state index contributed by atoms with van der Waals surface area (Å²) >= 11 is 0. The van der Waals surface area contributed by atoms with Crippen molar-refractivity contribution in [2.75, 3.05) is 33.9 Å². The smallest absolute Gasteiger partial charge is 0.307 e. The van der Waals surface area contributed by atoms with E-state index in [0.717, 1.165) is 30.8 Å². The van der Waals surface area contributed by atoms with E-state index in [4.69, 9.17) is 9.47 Å². The second-order valence-electron chi connectivity index (χ2n) is 6.15. The standard InChI is InChI=1S/C19H27NO5/c1-23-16-8-5-15(6-9-16)7-10-18(21)20(12-11-19(22)24-2)14-17-4-3-13-25-17/h5-6,8-9,17H,3-4,7,10-14H2,1-2H3/t17-/m1/s1. The van der Waals surface area contributed by atoms with Crippen LogP contribution in [0.1, 0.15) is 31.2 Å². The topological polar surface area (TPSA) is 65.1 Å². The van der Waals surface area contributed by atoms with Crippen LogP contribution in [0.4, 0.5) is 0 Å². The van der Waals surface area contributed by atoms with Crippen LogP contribution in [-0.4, -0.2) is 56.8 Å². The highest BCUT2D eigenvalue weighted by Gasteiger charge is 2.23. The number of hydrogen-bond acceptors (Lipinski definition) is 5. The van der Waals surface area contributed by atoms with Crippen LogP contribution in [0.3, 0.4) is 0 Å². The van der Waals surface area contributed by atoms with E-state index in [0.29, 0.717) is 25.9 Å². The second kappa shape index (κ2) is 10.0. The highest BCUT2D eigenvalue weighted by Crippen LogP contribution is 2.16. The van der Waals surface area contributed by atoms with E-state index in [1.54, 1.807) is 12.0 Å². The molecule has 0 saturated carbocycles. The average Bonchev–Trinajstić information content (AvgIpc) is 3.16. The number of methoxy groups -OCH3 is 2. The van der Waals surface area contributed by atoms with Crippen molar-refractivity contribution in [3.05, 3.63) is 29.8 Å². The van der Waals surface area contributed by atoms with E-state index in [2.05, 4.69) is 4.74 Å². The summed E-state index contributed by atoms with van der Waals surface area (Å²) in [5, 5.41) is 0. The molecule has 0 unspecified atom stereocenters. The van der Waals surface area contributed by atoms with Crippen molar-refractivity contribution < 1.29 is 23.8 Å². The molecule has 0 bridgehead atoms. The minimum Gasteiger partial charge on any atom is -0.497 e. The summed E-state index contributed by atoms with van der Waals surface area (Å²) in [6.45, 7) is 1.65. The number of hydrogen-bond donors (Lipinski definition) is 0. The molecule has 0 radical (unpaired) electrons. The lowest BCUT2D eigenvalue weighted by molar-refractivity contribution is -0.142. The maximum atomic E-state index is 12.6. The number of amides is 1. The SMILES string of the molecule is COC(=O)CCN(C[C@H]1CCCO1)C(=O)CCc1ccc(OC)cc1. The Hall–Kier alpha value is -2.08. The van der Waals surface area contributed by atoms with Crippen LogP contribution in [-0.2, 0) is 25.5 Å². The maximum Gasteiger partial charge on any atom is 0.307 e. The summed E-state index contributed by atoms with van der Waals surface area (Å²) in [6.07, 6.45) is 3.32. The quantitative estimate of drug-likeness (QED) is 0.640. The zero-order valence-electron chi connectivity index (χ0n) is 15.0. The normalized spacial score (nSPS) is 16.5. The minimum atomic E-state index is -0.305. The fourth-order valence-electron chi connectivity index (χ4n) is 2.88. The summed E-state index contributed by atoms with van der Waals surface area (Å²) in [6, 6.07) is 7.71. The molecule has 1 aliphatic rings. The highest BCUT2D eigenvalue weighted by molar-refractivity contribution is 5.77. The van der Waals surface area contributed by atoms with Gasteiger partial charge in [0.25, 0.3) is 0 Å². The zero-order valence-corrected chi connectivity index (χ0v) is 15.0. The lowest BCUT2D eigenvalue weighted by Gasteiger charge is -2.25. The van der Waals surface area contributed by atoms with Gasteiger partial charge in [0.1, 0.15) is 5.75 Å². The van der Waals surface area contributed by atoms with Crippen molar-refractivity contribution in [3.8, 4) is 5.75 Å². The molecule has 0 aliphatic carbocycles. The Balaban J connectivity index is 1.88. The molecular formula is C19H27NO5. The fraction of sp³-hybridized carbons (Fsp3) is 0.579. The van der Waals surface area contributed by atoms with Crippen molar-refractivity contribution in [3.63, 3.8) is 0 Å². The molecule has 1 aromatic carbocycles. The monoisotopic (exact) mass is 349 g/mol. The molecule has 1 aromatic rings. The number of nitrogens with zero attached hydrogens (tertiary/aromatic N) is 1. The number of rotatable bonds is 9. The molecule has 1 saturated heterocycles. The van der Waals surface area contributed by atoms with Crippen molar-refractivity contribution in [2.24, 2.45) is 0 Å². The van der Waals surface area contributed by atoms with Gasteiger partial charge in [0.05, 0.1) is 26.7 Å². The maximum absolute atomic E-state index is 12.6. The van der Waals surface area contributed by atoms with E-state index in [1.165, 1.54) is 7.11 Å². The number of carbonyl (C=O) groups excluding carboxylic acids is 2.